The van der Waals surface area contributed by atoms with Crippen molar-refractivity contribution >= 4 is 5.91 Å². The Kier molecular flexibility index (Phi) is 5.00. The van der Waals surface area contributed by atoms with Crippen LogP contribution in [0.1, 0.15) is 37.6 Å². The highest BCUT2D eigenvalue weighted by molar-refractivity contribution is 5.74. The van der Waals surface area contributed by atoms with Crippen molar-refractivity contribution in [3.8, 4) is 0 Å². The Morgan fingerprint density at radius 1 is 1.30 bits per heavy atom. The van der Waals surface area contributed by atoms with E-state index >= 15 is 0 Å². The van der Waals surface area contributed by atoms with Gasteiger partial charge in [0.2, 0.25) is 5.91 Å². The van der Waals surface area contributed by atoms with Gasteiger partial charge in [-0.3, -0.25) is 14.7 Å². The number of hydrogen-bond donors (Lipinski definition) is 0. The van der Waals surface area contributed by atoms with E-state index < -0.39 is 0 Å². The Morgan fingerprint density at radius 2 is 2.11 bits per heavy atom. The minimum Gasteiger partial charge on any atom is -0.339 e. The Bertz CT molecular complexity index is 779. The van der Waals surface area contributed by atoms with Crippen LogP contribution in [0.2, 0.25) is 0 Å². The van der Waals surface area contributed by atoms with Crippen LogP contribution in [0.3, 0.4) is 0 Å². The molecule has 2 saturated heterocycles. The third kappa shape index (κ3) is 3.90. The summed E-state index contributed by atoms with van der Waals surface area (Å²) in [5.74, 6) is 0.199. The molecule has 2 aliphatic rings. The summed E-state index contributed by atoms with van der Waals surface area (Å²) in [6, 6.07) is 6.32. The largest absolute Gasteiger partial charge is 0.339 e. The minimum atomic E-state index is 0.199. The summed E-state index contributed by atoms with van der Waals surface area (Å²) in [5, 5.41) is 0. The molecule has 6 nitrogen and oxygen atoms in total. The molecule has 0 N–H and O–H groups in total. The van der Waals surface area contributed by atoms with Crippen molar-refractivity contribution in [2.45, 2.75) is 45.2 Å². The number of piperidine rings is 1. The molecule has 2 aromatic heterocycles. The third-order valence-electron chi connectivity index (χ3n) is 6.41. The van der Waals surface area contributed by atoms with Gasteiger partial charge in [-0.15, -0.1) is 0 Å². The van der Waals surface area contributed by atoms with Crippen LogP contribution in [0.15, 0.2) is 36.9 Å². The normalized spacial score (nSPS) is 22.4. The highest BCUT2D eigenvalue weighted by atomic mass is 16.2. The summed E-state index contributed by atoms with van der Waals surface area (Å²) in [6.45, 7) is 5.75. The first-order valence-electron chi connectivity index (χ1n) is 9.89. The van der Waals surface area contributed by atoms with Crippen molar-refractivity contribution < 1.29 is 4.79 Å². The summed E-state index contributed by atoms with van der Waals surface area (Å²) in [7, 11) is 2.05. The van der Waals surface area contributed by atoms with Gasteiger partial charge in [-0.2, -0.15) is 0 Å². The van der Waals surface area contributed by atoms with Crippen LogP contribution in [-0.2, 0) is 24.8 Å². The summed E-state index contributed by atoms with van der Waals surface area (Å²) in [5.41, 5.74) is 2.61. The number of aryl methyl sites for hydroxylation is 1. The highest BCUT2D eigenvalue weighted by Crippen LogP contribution is 2.44. The second-order valence-corrected chi connectivity index (χ2v) is 8.30. The molecule has 2 fully saturated rings. The van der Waals surface area contributed by atoms with Crippen LogP contribution in [-0.4, -0.2) is 55.9 Å². The van der Waals surface area contributed by atoms with Gasteiger partial charge in [0.25, 0.3) is 0 Å². The first-order valence-corrected chi connectivity index (χ1v) is 9.89. The van der Waals surface area contributed by atoms with E-state index in [2.05, 4.69) is 37.4 Å². The highest BCUT2D eigenvalue weighted by Gasteiger charge is 2.46. The van der Waals surface area contributed by atoms with Gasteiger partial charge in [0.15, 0.2) is 0 Å². The summed E-state index contributed by atoms with van der Waals surface area (Å²) in [4.78, 5) is 25.6. The zero-order chi connectivity index (χ0) is 18.9. The van der Waals surface area contributed by atoms with E-state index in [4.69, 9.17) is 0 Å². The van der Waals surface area contributed by atoms with E-state index in [0.29, 0.717) is 0 Å². The van der Waals surface area contributed by atoms with Crippen molar-refractivity contribution in [2.24, 2.45) is 12.5 Å². The molecule has 0 aliphatic carbocycles. The van der Waals surface area contributed by atoms with E-state index in [1.807, 2.05) is 30.9 Å². The molecule has 2 aromatic rings. The van der Waals surface area contributed by atoms with Gasteiger partial charge in [0.1, 0.15) is 0 Å². The van der Waals surface area contributed by atoms with Gasteiger partial charge in [-0.25, -0.2) is 4.98 Å². The molecule has 1 atom stereocenters. The Morgan fingerprint density at radius 3 is 2.74 bits per heavy atom. The molecule has 2 aliphatic heterocycles. The second kappa shape index (κ2) is 7.43. The smallest absolute Gasteiger partial charge is 0.219 e. The number of amides is 1. The molecule has 1 unspecified atom stereocenters. The van der Waals surface area contributed by atoms with Crippen molar-refractivity contribution in [1.82, 2.24) is 24.3 Å². The molecule has 0 saturated carbocycles. The predicted molar refractivity (Wildman–Crippen MR) is 104 cm³/mol. The molecule has 0 bridgehead atoms. The molecular formula is C21H29N5O. The molecule has 0 radical (unpaired) electrons. The minimum absolute atomic E-state index is 0.199. The zero-order valence-electron chi connectivity index (χ0n) is 16.3. The average Bonchev–Trinajstić information content (AvgIpc) is 3.22. The molecule has 6 heteroatoms. The molecule has 1 spiro atoms. The molecule has 0 aromatic carbocycles. The number of rotatable bonds is 4. The van der Waals surface area contributed by atoms with Crippen LogP contribution in [0.25, 0.3) is 0 Å². The predicted octanol–water partition coefficient (Wildman–Crippen LogP) is 2.26. The topological polar surface area (TPSA) is 54.3 Å². The number of aromatic nitrogens is 3. The summed E-state index contributed by atoms with van der Waals surface area (Å²) >= 11 is 0. The fourth-order valence-electron chi connectivity index (χ4n) is 4.79. The van der Waals surface area contributed by atoms with Crippen molar-refractivity contribution in [3.63, 3.8) is 0 Å². The Balaban J connectivity index is 1.40. The first kappa shape index (κ1) is 18.2. The number of imidazole rings is 1. The van der Waals surface area contributed by atoms with Crippen LogP contribution in [0.5, 0.6) is 0 Å². The SMILES string of the molecule is CC(=O)N1CC2(CCN(Cc3cncn3C)CC2)CC1Cc1ccccn1. The van der Waals surface area contributed by atoms with Gasteiger partial charge < -0.3 is 9.47 Å². The van der Waals surface area contributed by atoms with Crippen LogP contribution < -0.4 is 0 Å². The maximum absolute atomic E-state index is 12.3. The van der Waals surface area contributed by atoms with Gasteiger partial charge in [-0.05, 0) is 49.9 Å². The molecule has 4 heterocycles. The fraction of sp³-hybridized carbons (Fsp3) is 0.571. The van der Waals surface area contributed by atoms with E-state index in [1.54, 1.807) is 6.92 Å². The maximum atomic E-state index is 12.3. The maximum Gasteiger partial charge on any atom is 0.219 e. The van der Waals surface area contributed by atoms with Gasteiger partial charge >= 0.3 is 0 Å². The van der Waals surface area contributed by atoms with Crippen molar-refractivity contribution in [2.75, 3.05) is 19.6 Å². The van der Waals surface area contributed by atoms with E-state index in [-0.39, 0.29) is 17.4 Å². The molecule has 27 heavy (non-hydrogen) atoms. The monoisotopic (exact) mass is 367 g/mol. The quantitative estimate of drug-likeness (QED) is 0.832. The lowest BCUT2D eigenvalue weighted by atomic mass is 9.76. The average molecular weight is 367 g/mol. The number of hydrogen-bond acceptors (Lipinski definition) is 4. The summed E-state index contributed by atoms with van der Waals surface area (Å²) < 4.78 is 2.10. The van der Waals surface area contributed by atoms with E-state index in [1.165, 1.54) is 5.69 Å². The Hall–Kier alpha value is -2.21. The molecule has 144 valence electrons. The van der Waals surface area contributed by atoms with Crippen LogP contribution in [0, 0.1) is 5.41 Å². The van der Waals surface area contributed by atoms with E-state index in [0.717, 1.165) is 57.6 Å². The van der Waals surface area contributed by atoms with Crippen molar-refractivity contribution in [3.05, 3.63) is 48.3 Å². The number of pyridine rings is 1. The number of carbonyl (C=O) groups is 1. The van der Waals surface area contributed by atoms with Gasteiger partial charge in [0.05, 0.1) is 12.0 Å². The van der Waals surface area contributed by atoms with Gasteiger partial charge in [-0.1, -0.05) is 6.07 Å². The molecular weight excluding hydrogens is 338 g/mol. The van der Waals surface area contributed by atoms with Crippen molar-refractivity contribution in [1.29, 1.82) is 0 Å². The second-order valence-electron chi connectivity index (χ2n) is 8.30. The standard InChI is InChI=1S/C21H29N5O/c1-17(27)26-15-21(12-19(26)11-18-5-3-4-8-23-18)6-9-25(10-7-21)14-20-13-22-16-24(20)2/h3-5,8,13,16,19H,6-7,9-12,14-15H2,1-2H3. The lowest BCUT2D eigenvalue weighted by molar-refractivity contribution is -0.130. The summed E-state index contributed by atoms with van der Waals surface area (Å²) in [6.07, 6.45) is 9.95. The molecule has 1 amide bonds. The molecule has 4 rings (SSSR count). The lowest BCUT2D eigenvalue weighted by Crippen LogP contribution is -2.42. The number of nitrogens with zero attached hydrogens (tertiary/aromatic N) is 5. The van der Waals surface area contributed by atoms with E-state index in [9.17, 15) is 4.79 Å². The Labute approximate surface area is 161 Å². The zero-order valence-corrected chi connectivity index (χ0v) is 16.3. The fourth-order valence-corrected chi connectivity index (χ4v) is 4.79. The lowest BCUT2D eigenvalue weighted by Gasteiger charge is -2.39. The van der Waals surface area contributed by atoms with Crippen LogP contribution in [0.4, 0.5) is 0 Å². The third-order valence-corrected chi connectivity index (χ3v) is 6.41. The van der Waals surface area contributed by atoms with Crippen LogP contribution >= 0.6 is 0 Å². The van der Waals surface area contributed by atoms with Gasteiger partial charge in [0, 0.05) is 57.6 Å². The number of likely N-dealkylation sites (tertiary alicyclic amines) is 2. The number of carbonyl (C=O) groups excluding carboxylic acids is 1. The first-order chi connectivity index (χ1) is 13.0.